The number of piperidine rings is 1. The first-order chi connectivity index (χ1) is 11.8. The summed E-state index contributed by atoms with van der Waals surface area (Å²) in [5.41, 5.74) is 1.94. The molecular weight excluding hydrogens is 318 g/mol. The Morgan fingerprint density at radius 1 is 1.25 bits per heavy atom. The van der Waals surface area contributed by atoms with E-state index in [1.54, 1.807) is 17.5 Å². The first-order valence-electron chi connectivity index (χ1n) is 8.20. The highest BCUT2D eigenvalue weighted by atomic mass is 32.1. The van der Waals surface area contributed by atoms with Crippen LogP contribution in [0, 0.1) is 6.92 Å². The van der Waals surface area contributed by atoms with Crippen molar-refractivity contribution >= 4 is 17.2 Å². The highest BCUT2D eigenvalue weighted by Gasteiger charge is 2.24. The first-order valence-corrected chi connectivity index (χ1v) is 9.08. The van der Waals surface area contributed by atoms with Gasteiger partial charge in [-0.25, -0.2) is 15.0 Å². The van der Waals surface area contributed by atoms with Crippen molar-refractivity contribution in [3.63, 3.8) is 0 Å². The summed E-state index contributed by atoms with van der Waals surface area (Å²) in [6, 6.07) is 5.99. The molecule has 0 aliphatic carbocycles. The summed E-state index contributed by atoms with van der Waals surface area (Å²) in [5, 5.41) is 3.29. The van der Waals surface area contributed by atoms with Crippen LogP contribution < -0.4 is 4.90 Å². The predicted molar refractivity (Wildman–Crippen MR) is 96.3 cm³/mol. The van der Waals surface area contributed by atoms with Gasteiger partial charge >= 0.3 is 0 Å². The molecule has 0 aromatic carbocycles. The minimum atomic E-state index is 0.496. The third-order valence-corrected chi connectivity index (χ3v) is 5.24. The Balaban J connectivity index is 1.63. The summed E-state index contributed by atoms with van der Waals surface area (Å²) in [4.78, 5) is 20.4. The van der Waals surface area contributed by atoms with Crippen molar-refractivity contribution in [1.82, 2.24) is 19.9 Å². The maximum atomic E-state index is 4.80. The van der Waals surface area contributed by atoms with Crippen LogP contribution in [0.4, 0.5) is 5.82 Å². The van der Waals surface area contributed by atoms with Gasteiger partial charge in [-0.15, -0.1) is 11.3 Å². The Hall–Kier alpha value is -2.34. The van der Waals surface area contributed by atoms with Crippen molar-refractivity contribution in [2.24, 2.45) is 0 Å². The lowest BCUT2D eigenvalue weighted by molar-refractivity contribution is 0.505. The Kier molecular flexibility index (Phi) is 4.21. The van der Waals surface area contributed by atoms with Gasteiger partial charge in [-0.1, -0.05) is 0 Å². The van der Waals surface area contributed by atoms with Crippen molar-refractivity contribution in [2.75, 3.05) is 18.0 Å². The lowest BCUT2D eigenvalue weighted by atomic mass is 9.99. The fraction of sp³-hybridized carbons (Fsp3) is 0.333. The SMILES string of the molecule is Cc1cc(N2CCC[C@@H](c3nccs3)C2)nc(-c2cccnc2)n1. The predicted octanol–water partition coefficient (Wildman–Crippen LogP) is 3.69. The van der Waals surface area contributed by atoms with Crippen LogP contribution in [0.5, 0.6) is 0 Å². The third-order valence-electron chi connectivity index (χ3n) is 4.31. The van der Waals surface area contributed by atoms with Crippen LogP contribution in [0.1, 0.15) is 29.5 Å². The number of anilines is 1. The Bertz CT molecular complexity index is 804. The molecule has 1 aliphatic rings. The molecule has 122 valence electrons. The van der Waals surface area contributed by atoms with Crippen LogP contribution in [-0.4, -0.2) is 33.0 Å². The molecule has 0 radical (unpaired) electrons. The standard InChI is InChI=1S/C18H19N5S/c1-13-10-16(22-17(21-13)14-4-2-6-19-11-14)23-8-3-5-15(12-23)18-20-7-9-24-18/h2,4,6-7,9-11,15H,3,5,8,12H2,1H3/t15-/m1/s1. The molecule has 0 N–H and O–H groups in total. The average molecular weight is 337 g/mol. The van der Waals surface area contributed by atoms with E-state index in [0.717, 1.165) is 42.4 Å². The van der Waals surface area contributed by atoms with Crippen LogP contribution in [0.15, 0.2) is 42.2 Å². The quantitative estimate of drug-likeness (QED) is 0.729. The van der Waals surface area contributed by atoms with Gasteiger partial charge in [0.25, 0.3) is 0 Å². The largest absolute Gasteiger partial charge is 0.356 e. The average Bonchev–Trinajstić information content (AvgIpc) is 3.17. The van der Waals surface area contributed by atoms with E-state index in [0.29, 0.717) is 5.92 Å². The smallest absolute Gasteiger partial charge is 0.163 e. The van der Waals surface area contributed by atoms with Gasteiger partial charge in [0.1, 0.15) is 5.82 Å². The molecule has 4 rings (SSSR count). The van der Waals surface area contributed by atoms with Gasteiger partial charge in [0, 0.05) is 60.3 Å². The number of rotatable bonds is 3. The van der Waals surface area contributed by atoms with Crippen molar-refractivity contribution in [2.45, 2.75) is 25.7 Å². The molecule has 1 saturated heterocycles. The van der Waals surface area contributed by atoms with E-state index in [-0.39, 0.29) is 0 Å². The van der Waals surface area contributed by atoms with Gasteiger partial charge < -0.3 is 4.90 Å². The first kappa shape index (κ1) is 15.2. The minimum absolute atomic E-state index is 0.496. The Morgan fingerprint density at radius 2 is 2.21 bits per heavy atom. The number of aromatic nitrogens is 4. The zero-order valence-corrected chi connectivity index (χ0v) is 14.4. The molecule has 0 unspecified atom stereocenters. The summed E-state index contributed by atoms with van der Waals surface area (Å²) in [5.74, 6) is 2.24. The van der Waals surface area contributed by atoms with Gasteiger partial charge in [0.15, 0.2) is 5.82 Å². The molecule has 24 heavy (non-hydrogen) atoms. The van der Waals surface area contributed by atoms with Crippen molar-refractivity contribution < 1.29 is 0 Å². The fourth-order valence-corrected chi connectivity index (χ4v) is 3.93. The zero-order chi connectivity index (χ0) is 16.4. The molecule has 5 nitrogen and oxygen atoms in total. The number of thiazole rings is 1. The Morgan fingerprint density at radius 3 is 3.00 bits per heavy atom. The van der Waals surface area contributed by atoms with Crippen LogP contribution >= 0.6 is 11.3 Å². The monoisotopic (exact) mass is 337 g/mol. The molecule has 4 heterocycles. The molecule has 0 spiro atoms. The molecule has 0 bridgehead atoms. The summed E-state index contributed by atoms with van der Waals surface area (Å²) < 4.78 is 0. The maximum absolute atomic E-state index is 4.80. The normalized spacial score (nSPS) is 17.9. The number of pyridine rings is 1. The van der Waals surface area contributed by atoms with E-state index in [1.807, 2.05) is 31.5 Å². The highest BCUT2D eigenvalue weighted by molar-refractivity contribution is 7.09. The van der Waals surface area contributed by atoms with Crippen molar-refractivity contribution in [3.05, 3.63) is 52.9 Å². The molecule has 1 fully saturated rings. The molecule has 3 aromatic heterocycles. The van der Waals surface area contributed by atoms with Gasteiger partial charge in [-0.05, 0) is 31.9 Å². The van der Waals surface area contributed by atoms with E-state index >= 15 is 0 Å². The van der Waals surface area contributed by atoms with E-state index in [2.05, 4.69) is 31.3 Å². The number of nitrogens with zero attached hydrogens (tertiary/aromatic N) is 5. The molecule has 1 atom stereocenters. The second-order valence-corrected chi connectivity index (χ2v) is 7.01. The molecule has 0 saturated carbocycles. The Labute approximate surface area is 145 Å². The second kappa shape index (κ2) is 6.65. The van der Waals surface area contributed by atoms with E-state index < -0.39 is 0 Å². The van der Waals surface area contributed by atoms with E-state index in [1.165, 1.54) is 11.4 Å². The maximum Gasteiger partial charge on any atom is 0.163 e. The second-order valence-electron chi connectivity index (χ2n) is 6.09. The van der Waals surface area contributed by atoms with E-state index in [4.69, 9.17) is 4.98 Å². The molecular formula is C18H19N5S. The molecule has 6 heteroatoms. The van der Waals surface area contributed by atoms with Gasteiger partial charge in [0.2, 0.25) is 0 Å². The number of hydrogen-bond donors (Lipinski definition) is 0. The zero-order valence-electron chi connectivity index (χ0n) is 13.6. The molecule has 1 aliphatic heterocycles. The van der Waals surface area contributed by atoms with Crippen LogP contribution in [-0.2, 0) is 0 Å². The van der Waals surface area contributed by atoms with Crippen LogP contribution in [0.3, 0.4) is 0 Å². The van der Waals surface area contributed by atoms with Crippen LogP contribution in [0.25, 0.3) is 11.4 Å². The topological polar surface area (TPSA) is 54.8 Å². The van der Waals surface area contributed by atoms with Crippen LogP contribution in [0.2, 0.25) is 0 Å². The van der Waals surface area contributed by atoms with E-state index in [9.17, 15) is 0 Å². The van der Waals surface area contributed by atoms with Crippen molar-refractivity contribution in [3.8, 4) is 11.4 Å². The highest BCUT2D eigenvalue weighted by Crippen LogP contribution is 2.31. The summed E-state index contributed by atoms with van der Waals surface area (Å²) >= 11 is 1.75. The summed E-state index contributed by atoms with van der Waals surface area (Å²) in [7, 11) is 0. The van der Waals surface area contributed by atoms with Crippen molar-refractivity contribution in [1.29, 1.82) is 0 Å². The molecule has 3 aromatic rings. The number of aryl methyl sites for hydroxylation is 1. The lowest BCUT2D eigenvalue weighted by Crippen LogP contribution is -2.35. The van der Waals surface area contributed by atoms with Gasteiger partial charge in [-0.2, -0.15) is 0 Å². The third kappa shape index (κ3) is 3.14. The summed E-state index contributed by atoms with van der Waals surface area (Å²) in [6.45, 7) is 4.02. The number of hydrogen-bond acceptors (Lipinski definition) is 6. The minimum Gasteiger partial charge on any atom is -0.356 e. The molecule has 0 amide bonds. The van der Waals surface area contributed by atoms with Gasteiger partial charge in [0.05, 0.1) is 5.01 Å². The summed E-state index contributed by atoms with van der Waals surface area (Å²) in [6.07, 6.45) is 7.84. The van der Waals surface area contributed by atoms with Gasteiger partial charge in [-0.3, -0.25) is 4.98 Å². The fourth-order valence-electron chi connectivity index (χ4n) is 3.16. The lowest BCUT2D eigenvalue weighted by Gasteiger charge is -2.33.